The molecule has 6 rings (SSSR count). The molecule has 0 spiro atoms. The fourth-order valence-electron chi connectivity index (χ4n) is 6.45. The quantitative estimate of drug-likeness (QED) is 0.142. The van der Waals surface area contributed by atoms with Crippen molar-refractivity contribution in [2.24, 2.45) is 0 Å². The van der Waals surface area contributed by atoms with E-state index in [4.69, 9.17) is 0 Å². The maximum absolute atomic E-state index is 13.8. The number of piperazine rings is 1. The molecule has 2 aromatic carbocycles. The van der Waals surface area contributed by atoms with Crippen molar-refractivity contribution >= 4 is 63.6 Å². The highest BCUT2D eigenvalue weighted by Gasteiger charge is 2.34. The lowest BCUT2D eigenvalue weighted by Gasteiger charge is -2.43. The number of hydrogen-bond acceptors (Lipinski definition) is 12. The van der Waals surface area contributed by atoms with Gasteiger partial charge in [-0.25, -0.2) is 4.98 Å². The van der Waals surface area contributed by atoms with Crippen molar-refractivity contribution in [3.8, 4) is 5.75 Å². The first-order chi connectivity index (χ1) is 23.6. The molecular weight excluding hydrogens is 654 g/mol. The molecule has 3 N–H and O–H groups in total. The molecule has 2 fully saturated rings. The van der Waals surface area contributed by atoms with E-state index in [0.29, 0.717) is 46.3 Å². The van der Waals surface area contributed by atoms with E-state index in [1.165, 1.54) is 18.0 Å². The number of hydrogen-bond donors (Lipinski definition) is 3. The van der Waals surface area contributed by atoms with Crippen molar-refractivity contribution < 1.29 is 17.9 Å². The minimum atomic E-state index is -4.89. The lowest BCUT2D eigenvalue weighted by atomic mass is 9.99. The Morgan fingerprint density at radius 2 is 1.76 bits per heavy atom. The lowest BCUT2D eigenvalue weighted by molar-refractivity contribution is -0.274. The van der Waals surface area contributed by atoms with Crippen LogP contribution < -0.4 is 25.0 Å². The Kier molecular flexibility index (Phi) is 10.6. The monoisotopic (exact) mass is 694 g/mol. The van der Waals surface area contributed by atoms with Crippen molar-refractivity contribution in [1.29, 1.82) is 0 Å². The number of piperidine rings is 1. The van der Waals surface area contributed by atoms with Gasteiger partial charge in [0.2, 0.25) is 5.95 Å². The third-order valence-corrected chi connectivity index (χ3v) is 9.44. The summed E-state index contributed by atoms with van der Waals surface area (Å²) in [6, 6.07) is 7.39. The summed E-state index contributed by atoms with van der Waals surface area (Å²) >= 11 is 1.40. The summed E-state index contributed by atoms with van der Waals surface area (Å²) in [4.78, 5) is 25.0. The van der Waals surface area contributed by atoms with Crippen LogP contribution in [-0.4, -0.2) is 94.7 Å². The Labute approximate surface area is 288 Å². The predicted octanol–water partition coefficient (Wildman–Crippen LogP) is 6.92. The van der Waals surface area contributed by atoms with Gasteiger partial charge in [0.1, 0.15) is 11.3 Å². The van der Waals surface area contributed by atoms with E-state index in [0.717, 1.165) is 63.4 Å². The van der Waals surface area contributed by atoms with Crippen LogP contribution in [0.3, 0.4) is 0 Å². The van der Waals surface area contributed by atoms with Crippen molar-refractivity contribution in [2.45, 2.75) is 38.6 Å². The van der Waals surface area contributed by atoms with Gasteiger partial charge in [0.25, 0.3) is 0 Å². The highest BCUT2D eigenvalue weighted by molar-refractivity contribution is 7.99. The topological polar surface area (TPSA) is 107 Å². The molecule has 0 atom stereocenters. The summed E-state index contributed by atoms with van der Waals surface area (Å²) in [7, 11) is 2.14. The Bertz CT molecular complexity index is 1780. The number of benzene rings is 2. The number of fused-ring (bicyclic) bond motifs is 1. The van der Waals surface area contributed by atoms with Crippen LogP contribution in [-0.2, 0) is 6.42 Å². The summed E-state index contributed by atoms with van der Waals surface area (Å²) in [6.45, 7) is 11.6. The largest absolute Gasteiger partial charge is 0.573 e. The second-order valence-electron chi connectivity index (χ2n) is 12.1. The fourth-order valence-corrected chi connectivity index (χ4v) is 6.86. The van der Waals surface area contributed by atoms with Gasteiger partial charge < -0.3 is 29.9 Å². The molecule has 0 amide bonds. The van der Waals surface area contributed by atoms with E-state index < -0.39 is 6.36 Å². The van der Waals surface area contributed by atoms with Gasteiger partial charge in [-0.2, -0.15) is 4.98 Å². The summed E-state index contributed by atoms with van der Waals surface area (Å²) in [5, 5.41) is 6.33. The summed E-state index contributed by atoms with van der Waals surface area (Å²) in [6.07, 6.45) is 5.94. The first kappa shape index (κ1) is 34.5. The third-order valence-electron chi connectivity index (χ3n) is 9.03. The van der Waals surface area contributed by atoms with E-state index >= 15 is 0 Å². The number of halogens is 3. The Hall–Kier alpha value is -4.34. The van der Waals surface area contributed by atoms with E-state index in [1.807, 2.05) is 25.3 Å². The lowest BCUT2D eigenvalue weighted by Crippen LogP contribution is -2.52. The molecule has 15 heteroatoms. The number of ether oxygens (including phenoxy) is 1. The molecule has 2 aliphatic rings. The molecular formula is C34H41F3N10OS. The van der Waals surface area contributed by atoms with Gasteiger partial charge in [-0.05, 0) is 50.1 Å². The molecule has 11 nitrogen and oxygen atoms in total. The minimum Gasteiger partial charge on any atom is -0.403 e. The number of alkyl halides is 3. The minimum absolute atomic E-state index is 0.0860. The zero-order valence-corrected chi connectivity index (χ0v) is 28.7. The Morgan fingerprint density at radius 1 is 1.00 bits per heavy atom. The van der Waals surface area contributed by atoms with Gasteiger partial charge in [-0.3, -0.25) is 14.9 Å². The molecule has 2 aliphatic heterocycles. The Balaban J connectivity index is 1.28. The fraction of sp³-hybridized carbons (Fsp3) is 0.412. The molecule has 4 aromatic rings. The van der Waals surface area contributed by atoms with E-state index in [-0.39, 0.29) is 17.4 Å². The van der Waals surface area contributed by atoms with Gasteiger partial charge >= 0.3 is 6.36 Å². The van der Waals surface area contributed by atoms with Gasteiger partial charge in [0.05, 0.1) is 22.6 Å². The first-order valence-corrected chi connectivity index (χ1v) is 17.5. The maximum atomic E-state index is 13.8. The molecule has 2 saturated heterocycles. The summed E-state index contributed by atoms with van der Waals surface area (Å²) in [5.41, 5.74) is 5.13. The average molecular weight is 695 g/mol. The molecule has 0 saturated carbocycles. The van der Waals surface area contributed by atoms with Gasteiger partial charge in [0, 0.05) is 87.5 Å². The van der Waals surface area contributed by atoms with Crippen LogP contribution in [0.15, 0.2) is 49.4 Å². The highest BCUT2D eigenvalue weighted by atomic mass is 32.2. The molecule has 0 aliphatic carbocycles. The van der Waals surface area contributed by atoms with Gasteiger partial charge in [-0.15, -0.1) is 13.2 Å². The molecule has 0 bridgehead atoms. The number of anilines is 6. The second kappa shape index (κ2) is 15.0. The first-order valence-electron chi connectivity index (χ1n) is 16.3. The van der Waals surface area contributed by atoms with Crippen LogP contribution in [0.4, 0.5) is 47.7 Å². The van der Waals surface area contributed by atoms with Crippen LogP contribution in [0.25, 0.3) is 17.1 Å². The highest BCUT2D eigenvalue weighted by Crippen LogP contribution is 2.40. The zero-order valence-electron chi connectivity index (χ0n) is 27.8. The van der Waals surface area contributed by atoms with Crippen molar-refractivity contribution in [2.75, 3.05) is 72.8 Å². The van der Waals surface area contributed by atoms with Crippen LogP contribution in [0.1, 0.15) is 30.9 Å². The predicted molar refractivity (Wildman–Crippen MR) is 192 cm³/mol. The number of aromatic nitrogens is 4. The number of nitrogens with zero attached hydrogens (tertiary/aromatic N) is 7. The van der Waals surface area contributed by atoms with Crippen LogP contribution in [0.5, 0.6) is 5.75 Å². The standard InChI is InChI=1S/C34H41F3N10OS/c1-5-22-19-27(29(48-34(35,36)37)20-28(22)47-13-9-24(10-14-47)46-17-15-45(3)16-18-46)42-33-40-21-23(6-2)32(43-33)41-26-8-7-25-30(31(26)44-49-4)39-12-11-38-25/h6-8,11-12,19-21,24,44H,2,5,9-10,13-18H2,1,3-4H3,(H2,40,41,42,43). The van der Waals surface area contributed by atoms with Gasteiger partial charge in [-0.1, -0.05) is 31.5 Å². The third kappa shape index (κ3) is 8.11. The SMILES string of the molecule is C=Cc1cnc(Nc2cc(CC)c(N3CCC(N4CCN(C)CC4)CC3)cc2OC(F)(F)F)nc1Nc1ccc2nccnc2c1NSC. The number of aryl methyl sites for hydroxylation is 1. The number of nitrogens with one attached hydrogen (secondary N) is 3. The van der Waals surface area contributed by atoms with Gasteiger partial charge in [0.15, 0.2) is 5.75 Å². The zero-order chi connectivity index (χ0) is 34.5. The normalized spacial score (nSPS) is 16.5. The summed E-state index contributed by atoms with van der Waals surface area (Å²) in [5.74, 6) is 0.142. The summed E-state index contributed by atoms with van der Waals surface area (Å²) < 4.78 is 49.2. The number of likely N-dealkylation sites (N-methyl/N-ethyl adjacent to an activating group) is 1. The molecule has 4 heterocycles. The van der Waals surface area contributed by atoms with Crippen molar-refractivity contribution in [1.82, 2.24) is 29.7 Å². The molecule has 0 unspecified atom stereocenters. The van der Waals surface area contributed by atoms with E-state index in [2.05, 4.69) is 68.4 Å². The smallest absolute Gasteiger partial charge is 0.403 e. The van der Waals surface area contributed by atoms with E-state index in [9.17, 15) is 13.2 Å². The average Bonchev–Trinajstić information content (AvgIpc) is 3.10. The molecule has 0 radical (unpaired) electrons. The van der Waals surface area contributed by atoms with Crippen LogP contribution in [0, 0.1) is 0 Å². The molecule has 49 heavy (non-hydrogen) atoms. The van der Waals surface area contributed by atoms with Crippen LogP contribution in [0.2, 0.25) is 0 Å². The van der Waals surface area contributed by atoms with Crippen LogP contribution >= 0.6 is 11.9 Å². The Morgan fingerprint density at radius 3 is 2.45 bits per heavy atom. The van der Waals surface area contributed by atoms with Crippen molar-refractivity contribution in [3.05, 3.63) is 60.6 Å². The molecule has 260 valence electrons. The van der Waals surface area contributed by atoms with Crippen molar-refractivity contribution in [3.63, 3.8) is 0 Å². The van der Waals surface area contributed by atoms with E-state index in [1.54, 1.807) is 30.7 Å². The second-order valence-corrected chi connectivity index (χ2v) is 12.7. The molecule has 2 aromatic heterocycles. The number of rotatable bonds is 11. The maximum Gasteiger partial charge on any atom is 0.573 e.